The van der Waals surface area contributed by atoms with Gasteiger partial charge in [-0.25, -0.2) is 4.18 Å². The zero-order chi connectivity index (χ0) is 52.4. The third kappa shape index (κ3) is 42.8. The molecule has 1 aliphatic rings. The Bertz CT molecular complexity index is 1340. The minimum absolute atomic E-state index is 0.0389. The van der Waals surface area contributed by atoms with Gasteiger partial charge in [0, 0.05) is 13.0 Å². The number of aliphatic hydroxyl groups excluding tert-OH is 3. The first-order valence-corrected chi connectivity index (χ1v) is 31.5. The van der Waals surface area contributed by atoms with Crippen LogP contribution in [0.2, 0.25) is 0 Å². The third-order valence-electron chi connectivity index (χ3n) is 14.0. The van der Waals surface area contributed by atoms with Gasteiger partial charge in [0.25, 0.3) is 0 Å². The molecule has 0 saturated carbocycles. The SMILES string of the molecule is CCCCCCCCCC/C=C\CCCCCCCCCCCCCCOCC(COC1OC(CO)C(O)C(OS(=O)(=O)O)C1O)OC(=O)CCCCCCCCCCC/C=C\CCCCCCCCCC. The van der Waals surface area contributed by atoms with E-state index in [1.54, 1.807) is 0 Å². The van der Waals surface area contributed by atoms with Crippen LogP contribution in [-0.4, -0.2) is 97.5 Å². The van der Waals surface area contributed by atoms with Gasteiger partial charge in [0.15, 0.2) is 6.29 Å². The highest BCUT2D eigenvalue weighted by molar-refractivity contribution is 7.80. The molecule has 0 spiro atoms. The van der Waals surface area contributed by atoms with Crippen molar-refractivity contribution in [2.75, 3.05) is 26.4 Å². The number of rotatable bonds is 54. The first kappa shape index (κ1) is 68.6. The molecule has 1 fully saturated rings. The fraction of sp³-hybridized carbons (Fsp3) is 0.915. The Morgan fingerprint density at radius 1 is 0.514 bits per heavy atom. The molecular formula is C59H112O12S. The molecule has 13 heteroatoms. The second-order valence-electron chi connectivity index (χ2n) is 20.9. The van der Waals surface area contributed by atoms with Crippen molar-refractivity contribution < 1.29 is 56.2 Å². The van der Waals surface area contributed by atoms with Crippen LogP contribution < -0.4 is 0 Å². The highest BCUT2D eigenvalue weighted by atomic mass is 32.3. The molecule has 1 aliphatic heterocycles. The molecule has 1 saturated heterocycles. The lowest BCUT2D eigenvalue weighted by Crippen LogP contribution is -2.60. The number of ether oxygens (including phenoxy) is 4. The second-order valence-corrected chi connectivity index (χ2v) is 22.0. The van der Waals surface area contributed by atoms with Gasteiger partial charge in [0.1, 0.15) is 30.5 Å². The Hall–Kier alpha value is -1.42. The smallest absolute Gasteiger partial charge is 0.397 e. The largest absolute Gasteiger partial charge is 0.457 e. The van der Waals surface area contributed by atoms with E-state index in [2.05, 4.69) is 42.3 Å². The molecule has 0 aromatic carbocycles. The van der Waals surface area contributed by atoms with Gasteiger partial charge < -0.3 is 34.3 Å². The van der Waals surface area contributed by atoms with Crippen LogP contribution >= 0.6 is 0 Å². The Labute approximate surface area is 441 Å². The summed E-state index contributed by atoms with van der Waals surface area (Å²) in [5.41, 5.74) is 0. The Balaban J connectivity index is 2.27. The van der Waals surface area contributed by atoms with E-state index < -0.39 is 59.8 Å². The van der Waals surface area contributed by atoms with E-state index in [-0.39, 0.29) is 19.6 Å². The molecule has 6 atom stereocenters. The summed E-state index contributed by atoms with van der Waals surface area (Å²) in [6, 6.07) is 0. The normalized spacial score (nSPS) is 19.0. The first-order valence-electron chi connectivity index (χ1n) is 30.1. The summed E-state index contributed by atoms with van der Waals surface area (Å²) in [5, 5.41) is 30.9. The molecule has 426 valence electrons. The number of aliphatic hydroxyl groups is 3. The summed E-state index contributed by atoms with van der Waals surface area (Å²) in [4.78, 5) is 13.0. The van der Waals surface area contributed by atoms with Gasteiger partial charge in [0.2, 0.25) is 0 Å². The Kier molecular flexibility index (Phi) is 48.0. The van der Waals surface area contributed by atoms with Crippen molar-refractivity contribution in [3.8, 4) is 0 Å². The predicted octanol–water partition coefficient (Wildman–Crippen LogP) is 15.1. The van der Waals surface area contributed by atoms with Crippen LogP contribution in [0.3, 0.4) is 0 Å². The van der Waals surface area contributed by atoms with Crippen LogP contribution in [0.5, 0.6) is 0 Å². The van der Waals surface area contributed by atoms with Crippen molar-refractivity contribution in [1.29, 1.82) is 0 Å². The molecule has 0 bridgehead atoms. The number of allylic oxidation sites excluding steroid dienone is 4. The van der Waals surface area contributed by atoms with Gasteiger partial charge in [0.05, 0.1) is 19.8 Å². The maximum absolute atomic E-state index is 13.0. The van der Waals surface area contributed by atoms with Crippen molar-refractivity contribution >= 4 is 16.4 Å². The average molecular weight is 1050 g/mol. The van der Waals surface area contributed by atoms with Gasteiger partial charge in [-0.1, -0.05) is 237 Å². The number of hydrogen-bond donors (Lipinski definition) is 4. The van der Waals surface area contributed by atoms with E-state index in [9.17, 15) is 33.1 Å². The maximum Gasteiger partial charge on any atom is 0.397 e. The van der Waals surface area contributed by atoms with Crippen LogP contribution in [0.4, 0.5) is 0 Å². The average Bonchev–Trinajstić information content (AvgIpc) is 3.36. The fourth-order valence-corrected chi connectivity index (χ4v) is 10.00. The van der Waals surface area contributed by atoms with Crippen LogP contribution in [-0.2, 0) is 38.3 Å². The van der Waals surface area contributed by atoms with Gasteiger partial charge in [-0.3, -0.25) is 9.35 Å². The molecule has 0 amide bonds. The van der Waals surface area contributed by atoms with Gasteiger partial charge >= 0.3 is 16.4 Å². The number of carbonyl (C=O) groups excluding carboxylic acids is 1. The summed E-state index contributed by atoms with van der Waals surface area (Å²) < 4.78 is 59.5. The molecule has 4 N–H and O–H groups in total. The van der Waals surface area contributed by atoms with E-state index in [1.165, 1.54) is 218 Å². The molecule has 6 unspecified atom stereocenters. The number of unbranched alkanes of at least 4 members (excludes halogenated alkanes) is 37. The number of carbonyl (C=O) groups is 1. The summed E-state index contributed by atoms with van der Waals surface area (Å²) >= 11 is 0. The van der Waals surface area contributed by atoms with E-state index in [4.69, 9.17) is 18.9 Å². The minimum atomic E-state index is -5.07. The van der Waals surface area contributed by atoms with E-state index in [0.717, 1.165) is 38.5 Å². The molecule has 0 radical (unpaired) electrons. The lowest BCUT2D eigenvalue weighted by molar-refractivity contribution is -0.301. The lowest BCUT2D eigenvalue weighted by Gasteiger charge is -2.41. The van der Waals surface area contributed by atoms with Gasteiger partial charge in [-0.05, 0) is 64.2 Å². The molecule has 12 nitrogen and oxygen atoms in total. The van der Waals surface area contributed by atoms with E-state index in [0.29, 0.717) is 13.0 Å². The summed E-state index contributed by atoms with van der Waals surface area (Å²) in [5.74, 6) is -0.396. The molecule has 1 heterocycles. The Morgan fingerprint density at radius 2 is 0.875 bits per heavy atom. The molecule has 0 aromatic heterocycles. The number of hydrogen-bond acceptors (Lipinski definition) is 11. The van der Waals surface area contributed by atoms with Crippen LogP contribution in [0.25, 0.3) is 0 Å². The van der Waals surface area contributed by atoms with E-state index >= 15 is 0 Å². The van der Waals surface area contributed by atoms with Crippen molar-refractivity contribution in [2.45, 2.75) is 320 Å². The predicted molar refractivity (Wildman–Crippen MR) is 294 cm³/mol. The van der Waals surface area contributed by atoms with Crippen LogP contribution in [0.1, 0.15) is 284 Å². The van der Waals surface area contributed by atoms with Crippen molar-refractivity contribution in [3.63, 3.8) is 0 Å². The minimum Gasteiger partial charge on any atom is -0.457 e. The first-order chi connectivity index (χ1) is 35.1. The van der Waals surface area contributed by atoms with Crippen molar-refractivity contribution in [2.24, 2.45) is 0 Å². The standard InChI is InChI=1S/C59H112O12S/c1-3-5-7-9-11-13-15-17-19-21-23-25-26-27-29-31-33-35-37-39-41-43-45-47-49-67-51-53(52-68-59-57(63)58(71-72(64,65)66)56(62)54(50-60)70-59)69-55(61)48-46-44-42-40-38-36-34-32-30-28-24-22-20-18-16-14-12-10-8-6-4-2/h21-24,53-54,56-60,62-63H,3-20,25-52H2,1-2H3,(H,64,65,66)/b23-21-,24-22-. The Morgan fingerprint density at radius 3 is 1.25 bits per heavy atom. The zero-order valence-electron chi connectivity index (χ0n) is 46.3. The molecule has 1 rings (SSSR count). The molecular weight excluding hydrogens is 933 g/mol. The molecule has 0 aromatic rings. The topological polar surface area (TPSA) is 178 Å². The highest BCUT2D eigenvalue weighted by Crippen LogP contribution is 2.26. The second kappa shape index (κ2) is 50.4. The number of esters is 1. The fourth-order valence-electron chi connectivity index (χ4n) is 9.49. The monoisotopic (exact) mass is 1040 g/mol. The van der Waals surface area contributed by atoms with Gasteiger partial charge in [-0.15, -0.1) is 0 Å². The maximum atomic E-state index is 13.0. The van der Waals surface area contributed by atoms with Crippen molar-refractivity contribution in [1.82, 2.24) is 0 Å². The zero-order valence-corrected chi connectivity index (χ0v) is 47.1. The summed E-state index contributed by atoms with van der Waals surface area (Å²) in [6.45, 7) is 4.05. The third-order valence-corrected chi connectivity index (χ3v) is 14.5. The highest BCUT2D eigenvalue weighted by Gasteiger charge is 2.48. The quantitative estimate of drug-likeness (QED) is 0.0196. The van der Waals surface area contributed by atoms with Gasteiger partial charge in [-0.2, -0.15) is 8.42 Å². The summed E-state index contributed by atoms with van der Waals surface area (Å²) in [7, 11) is -5.07. The molecule has 72 heavy (non-hydrogen) atoms. The van der Waals surface area contributed by atoms with E-state index in [1.807, 2.05) is 0 Å². The summed E-state index contributed by atoms with van der Waals surface area (Å²) in [6.07, 6.45) is 52.2. The van der Waals surface area contributed by atoms with Crippen LogP contribution in [0, 0.1) is 0 Å². The molecule has 0 aliphatic carbocycles. The van der Waals surface area contributed by atoms with Crippen LogP contribution in [0.15, 0.2) is 24.3 Å². The lowest BCUT2D eigenvalue weighted by atomic mass is 9.99. The van der Waals surface area contributed by atoms with Crippen molar-refractivity contribution in [3.05, 3.63) is 24.3 Å².